The van der Waals surface area contributed by atoms with Crippen molar-refractivity contribution in [2.24, 2.45) is 0 Å². The van der Waals surface area contributed by atoms with E-state index in [1.165, 1.54) is 19.3 Å². The SMILES string of the molecule is CC1=C(C(=O)OC2CCCCC2)O1. The zero-order chi connectivity index (χ0) is 9.26. The van der Waals surface area contributed by atoms with E-state index in [4.69, 9.17) is 9.47 Å². The van der Waals surface area contributed by atoms with Gasteiger partial charge in [-0.25, -0.2) is 4.79 Å². The number of carbonyl (C=O) groups excluding carboxylic acids is 1. The molecule has 13 heavy (non-hydrogen) atoms. The van der Waals surface area contributed by atoms with Gasteiger partial charge in [-0.3, -0.25) is 0 Å². The van der Waals surface area contributed by atoms with Crippen LogP contribution < -0.4 is 0 Å². The Morgan fingerprint density at radius 1 is 1.38 bits per heavy atom. The molecule has 3 nitrogen and oxygen atoms in total. The number of carbonyl (C=O) groups is 1. The van der Waals surface area contributed by atoms with Crippen LogP contribution in [-0.4, -0.2) is 12.1 Å². The Morgan fingerprint density at radius 2 is 2.00 bits per heavy atom. The van der Waals surface area contributed by atoms with Crippen LogP contribution in [0.2, 0.25) is 0 Å². The zero-order valence-electron chi connectivity index (χ0n) is 7.84. The maximum absolute atomic E-state index is 11.3. The Balaban J connectivity index is 1.80. The van der Waals surface area contributed by atoms with Crippen molar-refractivity contribution in [3.63, 3.8) is 0 Å². The quantitative estimate of drug-likeness (QED) is 0.614. The molecule has 0 bridgehead atoms. The molecule has 0 radical (unpaired) electrons. The van der Waals surface area contributed by atoms with Crippen molar-refractivity contribution in [1.82, 2.24) is 0 Å². The molecule has 0 spiro atoms. The summed E-state index contributed by atoms with van der Waals surface area (Å²) in [7, 11) is 0. The number of hydrogen-bond donors (Lipinski definition) is 0. The molecule has 1 aliphatic carbocycles. The summed E-state index contributed by atoms with van der Waals surface area (Å²) >= 11 is 0. The standard InChI is InChI=1S/C10H14O3/c1-7-9(12-7)10(11)13-8-5-3-2-4-6-8/h8H,2-6H2,1H3. The average molecular weight is 182 g/mol. The fourth-order valence-electron chi connectivity index (χ4n) is 1.70. The Hall–Kier alpha value is -0.990. The lowest BCUT2D eigenvalue weighted by Crippen LogP contribution is -2.20. The minimum atomic E-state index is -0.274. The molecule has 0 aromatic rings. The van der Waals surface area contributed by atoms with Crippen molar-refractivity contribution in [3.05, 3.63) is 11.5 Å². The van der Waals surface area contributed by atoms with E-state index in [1.807, 2.05) is 0 Å². The molecule has 0 aromatic heterocycles. The van der Waals surface area contributed by atoms with Crippen LogP contribution >= 0.6 is 0 Å². The minimum absolute atomic E-state index is 0.130. The van der Waals surface area contributed by atoms with E-state index in [0.29, 0.717) is 11.5 Å². The van der Waals surface area contributed by atoms with E-state index in [2.05, 4.69) is 0 Å². The van der Waals surface area contributed by atoms with Crippen molar-refractivity contribution in [2.75, 3.05) is 0 Å². The highest BCUT2D eigenvalue weighted by Crippen LogP contribution is 2.28. The van der Waals surface area contributed by atoms with Gasteiger partial charge in [0.15, 0.2) is 5.76 Å². The van der Waals surface area contributed by atoms with Crippen LogP contribution in [0.1, 0.15) is 39.0 Å². The smallest absolute Gasteiger partial charge is 0.378 e. The first-order valence-electron chi connectivity index (χ1n) is 4.87. The van der Waals surface area contributed by atoms with Crippen LogP contribution in [0.25, 0.3) is 0 Å². The Kier molecular flexibility index (Phi) is 2.25. The average Bonchev–Trinajstić information content (AvgIpc) is 2.84. The molecule has 3 heteroatoms. The number of esters is 1. The van der Waals surface area contributed by atoms with Crippen LogP contribution in [0.15, 0.2) is 11.5 Å². The van der Waals surface area contributed by atoms with Gasteiger partial charge in [0.25, 0.3) is 0 Å². The van der Waals surface area contributed by atoms with E-state index in [0.717, 1.165) is 12.8 Å². The second kappa shape index (κ2) is 3.40. The number of allylic oxidation sites excluding steroid dienone is 1. The number of rotatable bonds is 2. The minimum Gasteiger partial charge on any atom is -0.456 e. The summed E-state index contributed by atoms with van der Waals surface area (Å²) in [5, 5.41) is 0. The maximum atomic E-state index is 11.3. The first-order chi connectivity index (χ1) is 6.27. The van der Waals surface area contributed by atoms with Gasteiger partial charge in [0.05, 0.1) is 0 Å². The lowest BCUT2D eigenvalue weighted by atomic mass is 9.98. The third-order valence-corrected chi connectivity index (χ3v) is 2.54. The summed E-state index contributed by atoms with van der Waals surface area (Å²) in [5.74, 6) is 0.857. The second-order valence-electron chi connectivity index (χ2n) is 3.65. The molecule has 72 valence electrons. The number of hydrogen-bond acceptors (Lipinski definition) is 3. The van der Waals surface area contributed by atoms with E-state index in [-0.39, 0.29) is 12.1 Å². The van der Waals surface area contributed by atoms with Crippen LogP contribution in [0.5, 0.6) is 0 Å². The number of ether oxygens (including phenoxy) is 2. The molecule has 1 fully saturated rings. The van der Waals surface area contributed by atoms with E-state index in [1.54, 1.807) is 6.92 Å². The fourth-order valence-corrected chi connectivity index (χ4v) is 1.70. The summed E-state index contributed by atoms with van der Waals surface area (Å²) < 4.78 is 10.1. The highest BCUT2D eigenvalue weighted by Gasteiger charge is 2.31. The van der Waals surface area contributed by atoms with Gasteiger partial charge in [-0.05, 0) is 32.6 Å². The highest BCUT2D eigenvalue weighted by molar-refractivity contribution is 5.90. The summed E-state index contributed by atoms with van der Waals surface area (Å²) in [5.41, 5.74) is 0. The second-order valence-corrected chi connectivity index (χ2v) is 3.65. The summed E-state index contributed by atoms with van der Waals surface area (Å²) in [6, 6.07) is 0. The normalized spacial score (nSPS) is 22.5. The molecule has 1 saturated carbocycles. The van der Waals surface area contributed by atoms with Gasteiger partial charge in [0.1, 0.15) is 6.10 Å². The van der Waals surface area contributed by atoms with Crippen molar-refractivity contribution >= 4 is 5.97 Å². The molecule has 0 aromatic carbocycles. The van der Waals surface area contributed by atoms with Crippen molar-refractivity contribution in [2.45, 2.75) is 45.1 Å². The van der Waals surface area contributed by atoms with Crippen molar-refractivity contribution in [1.29, 1.82) is 0 Å². The maximum Gasteiger partial charge on any atom is 0.378 e. The van der Waals surface area contributed by atoms with Crippen molar-refractivity contribution in [3.8, 4) is 0 Å². The van der Waals surface area contributed by atoms with Crippen LogP contribution in [0, 0.1) is 0 Å². The topological polar surface area (TPSA) is 38.8 Å². The fraction of sp³-hybridized carbons (Fsp3) is 0.700. The third-order valence-electron chi connectivity index (χ3n) is 2.54. The van der Waals surface area contributed by atoms with Gasteiger partial charge in [0.2, 0.25) is 5.76 Å². The van der Waals surface area contributed by atoms with E-state index < -0.39 is 0 Å². The lowest BCUT2D eigenvalue weighted by molar-refractivity contribution is -0.146. The summed E-state index contributed by atoms with van der Waals surface area (Å²) in [4.78, 5) is 11.3. The molecule has 0 saturated heterocycles. The molecular formula is C10H14O3. The largest absolute Gasteiger partial charge is 0.456 e. The zero-order valence-corrected chi connectivity index (χ0v) is 7.84. The molecule has 2 aliphatic rings. The predicted molar refractivity (Wildman–Crippen MR) is 46.8 cm³/mol. The van der Waals surface area contributed by atoms with Crippen LogP contribution in [0.3, 0.4) is 0 Å². The Bertz CT molecular complexity index is 249. The Morgan fingerprint density at radius 3 is 2.54 bits per heavy atom. The van der Waals surface area contributed by atoms with Gasteiger partial charge < -0.3 is 9.47 Å². The van der Waals surface area contributed by atoms with Gasteiger partial charge in [-0.2, -0.15) is 0 Å². The highest BCUT2D eigenvalue weighted by atomic mass is 16.6. The first-order valence-corrected chi connectivity index (χ1v) is 4.87. The van der Waals surface area contributed by atoms with E-state index in [9.17, 15) is 4.79 Å². The van der Waals surface area contributed by atoms with Gasteiger partial charge in [0, 0.05) is 0 Å². The lowest BCUT2D eigenvalue weighted by Gasteiger charge is -2.20. The molecule has 1 aliphatic heterocycles. The molecule has 0 amide bonds. The van der Waals surface area contributed by atoms with Crippen LogP contribution in [-0.2, 0) is 14.3 Å². The van der Waals surface area contributed by atoms with Gasteiger partial charge in [-0.1, -0.05) is 6.42 Å². The first kappa shape index (κ1) is 8.60. The predicted octanol–water partition coefficient (Wildman–Crippen LogP) is 2.12. The Labute approximate surface area is 77.7 Å². The molecule has 0 atom stereocenters. The molecule has 1 heterocycles. The molecular weight excluding hydrogens is 168 g/mol. The summed E-state index contributed by atoms with van der Waals surface area (Å²) in [6.45, 7) is 1.78. The van der Waals surface area contributed by atoms with E-state index >= 15 is 0 Å². The van der Waals surface area contributed by atoms with Gasteiger partial charge in [-0.15, -0.1) is 0 Å². The summed E-state index contributed by atoms with van der Waals surface area (Å²) in [6.07, 6.45) is 5.78. The van der Waals surface area contributed by atoms with Crippen LogP contribution in [0.4, 0.5) is 0 Å². The molecule has 0 N–H and O–H groups in total. The van der Waals surface area contributed by atoms with Crippen molar-refractivity contribution < 1.29 is 14.3 Å². The monoisotopic (exact) mass is 182 g/mol. The molecule has 2 rings (SSSR count). The third kappa shape index (κ3) is 2.02. The molecule has 0 unspecified atom stereocenters. The van der Waals surface area contributed by atoms with Gasteiger partial charge >= 0.3 is 5.97 Å².